The topological polar surface area (TPSA) is 53.2 Å². The minimum atomic E-state index is -2.60. The summed E-state index contributed by atoms with van der Waals surface area (Å²) >= 11 is 5.94. The van der Waals surface area contributed by atoms with Crippen LogP contribution in [-0.2, 0) is 22.0 Å². The van der Waals surface area contributed by atoms with Gasteiger partial charge in [-0.2, -0.15) is 5.26 Å². The van der Waals surface area contributed by atoms with Crippen LogP contribution in [0.2, 0.25) is 5.02 Å². The van der Waals surface area contributed by atoms with E-state index in [-0.39, 0.29) is 11.5 Å². The van der Waals surface area contributed by atoms with Crippen LogP contribution in [0.4, 0.5) is 0 Å². The van der Waals surface area contributed by atoms with Gasteiger partial charge in [0.05, 0.1) is 28.1 Å². The number of halogens is 1. The Hall–Kier alpha value is -1.83. The average molecular weight is 319 g/mol. The van der Waals surface area contributed by atoms with Gasteiger partial charge >= 0.3 is 0 Å². The molecule has 3 nitrogen and oxygen atoms in total. The van der Waals surface area contributed by atoms with E-state index in [0.29, 0.717) is 11.6 Å². The van der Waals surface area contributed by atoms with Crippen molar-refractivity contribution in [3.8, 4) is 6.07 Å². The Balaban J connectivity index is 2.24. The fraction of sp³-hybridized carbons (Fsp3) is 0.188. The summed E-state index contributed by atoms with van der Waals surface area (Å²) in [4.78, 5) is 0. The van der Waals surface area contributed by atoms with Crippen LogP contribution < -0.4 is 0 Å². The van der Waals surface area contributed by atoms with Crippen LogP contribution >= 0.6 is 11.6 Å². The maximum Gasteiger partial charge on any atom is 0.119 e. The summed E-state index contributed by atoms with van der Waals surface area (Å²) in [5.41, 5.74) is 1.81. The Kier molecular flexibility index (Phi) is 5.38. The van der Waals surface area contributed by atoms with Gasteiger partial charge in [-0.25, -0.2) is 8.57 Å². The van der Waals surface area contributed by atoms with Gasteiger partial charge in [-0.05, 0) is 23.3 Å². The highest BCUT2D eigenvalue weighted by Crippen LogP contribution is 2.15. The van der Waals surface area contributed by atoms with E-state index in [4.69, 9.17) is 16.9 Å². The van der Waals surface area contributed by atoms with Crippen molar-refractivity contribution in [2.75, 3.05) is 5.75 Å². The number of benzene rings is 2. The highest BCUT2D eigenvalue weighted by Gasteiger charge is 2.10. The summed E-state index contributed by atoms with van der Waals surface area (Å²) in [5.74, 6) is 0.167. The molecular weight excluding hydrogens is 304 g/mol. The Morgan fingerprint density at radius 2 is 1.81 bits per heavy atom. The molecular formula is C16H15ClN2OS. The predicted molar refractivity (Wildman–Crippen MR) is 86.4 cm³/mol. The highest BCUT2D eigenvalue weighted by molar-refractivity contribution is 7.93. The molecule has 0 heterocycles. The zero-order valence-electron chi connectivity index (χ0n) is 11.4. The van der Waals surface area contributed by atoms with E-state index in [9.17, 15) is 4.21 Å². The van der Waals surface area contributed by atoms with Crippen molar-refractivity contribution in [1.82, 2.24) is 0 Å². The molecule has 0 aliphatic carbocycles. The highest BCUT2D eigenvalue weighted by atomic mass is 35.5. The smallest absolute Gasteiger partial charge is 0.119 e. The molecule has 5 heteroatoms. The molecule has 108 valence electrons. The molecule has 2 aromatic rings. The first kappa shape index (κ1) is 15.6. The molecule has 2 rings (SSSR count). The normalized spacial score (nSPS) is 13.1. The molecule has 21 heavy (non-hydrogen) atoms. The fourth-order valence-corrected chi connectivity index (χ4v) is 3.69. The van der Waals surface area contributed by atoms with Crippen molar-refractivity contribution >= 4 is 21.3 Å². The van der Waals surface area contributed by atoms with E-state index in [1.54, 1.807) is 18.2 Å². The maximum absolute atomic E-state index is 12.8. The first-order valence-electron chi connectivity index (χ1n) is 6.45. The summed E-state index contributed by atoms with van der Waals surface area (Å²) in [6.07, 6.45) is 0. The lowest BCUT2D eigenvalue weighted by Crippen LogP contribution is -2.08. The maximum atomic E-state index is 12.8. The third kappa shape index (κ3) is 4.89. The fourth-order valence-electron chi connectivity index (χ4n) is 1.91. The molecule has 0 bridgehead atoms. The lowest BCUT2D eigenvalue weighted by Gasteiger charge is -2.07. The van der Waals surface area contributed by atoms with E-state index in [1.165, 1.54) is 0 Å². The number of nitrogens with zero attached hydrogens (tertiary/aromatic N) is 2. The Morgan fingerprint density at radius 3 is 2.48 bits per heavy atom. The second-order valence-corrected chi connectivity index (χ2v) is 7.44. The monoisotopic (exact) mass is 318 g/mol. The Labute approximate surface area is 130 Å². The molecule has 0 aromatic heterocycles. The van der Waals surface area contributed by atoms with Crippen LogP contribution in [0, 0.1) is 11.3 Å². The van der Waals surface area contributed by atoms with Gasteiger partial charge < -0.3 is 0 Å². The van der Waals surface area contributed by atoms with Crippen LogP contribution in [0.3, 0.4) is 0 Å². The number of hydrogen-bond acceptors (Lipinski definition) is 3. The van der Waals surface area contributed by atoms with Crippen molar-refractivity contribution in [3.05, 3.63) is 70.7 Å². The van der Waals surface area contributed by atoms with E-state index in [0.717, 1.165) is 11.1 Å². The SMILES string of the molecule is N#CCS(=O)(Cc1cccc(Cl)c1)=NCc1ccccc1. The second kappa shape index (κ2) is 7.26. The zero-order valence-corrected chi connectivity index (χ0v) is 13.0. The molecule has 0 N–H and O–H groups in total. The largest absolute Gasteiger partial charge is 0.248 e. The van der Waals surface area contributed by atoms with Gasteiger partial charge in [-0.1, -0.05) is 54.1 Å². The standard InChI is InChI=1S/C16H15ClN2OS/c17-16-8-4-7-15(11-16)13-21(20,10-9-18)19-12-14-5-2-1-3-6-14/h1-8,11H,10,12-13H2. The Bertz CT molecular complexity index is 759. The van der Waals surface area contributed by atoms with Gasteiger partial charge in [0.25, 0.3) is 0 Å². The number of rotatable bonds is 5. The lowest BCUT2D eigenvalue weighted by atomic mass is 10.2. The molecule has 1 unspecified atom stereocenters. The molecule has 0 fully saturated rings. The van der Waals surface area contributed by atoms with Crippen LogP contribution in [-0.4, -0.2) is 9.96 Å². The van der Waals surface area contributed by atoms with E-state index >= 15 is 0 Å². The number of hydrogen-bond donors (Lipinski definition) is 0. The molecule has 1 atom stereocenters. The van der Waals surface area contributed by atoms with E-state index in [2.05, 4.69) is 4.36 Å². The number of nitriles is 1. The van der Waals surface area contributed by atoms with Crippen molar-refractivity contribution in [3.63, 3.8) is 0 Å². The van der Waals surface area contributed by atoms with Crippen molar-refractivity contribution < 1.29 is 4.21 Å². The zero-order chi connectivity index (χ0) is 15.1. The third-order valence-corrected chi connectivity index (χ3v) is 5.10. The summed E-state index contributed by atoms with van der Waals surface area (Å²) in [7, 11) is -2.60. The first-order valence-corrected chi connectivity index (χ1v) is 8.68. The second-order valence-electron chi connectivity index (χ2n) is 4.62. The summed E-state index contributed by atoms with van der Waals surface area (Å²) in [6.45, 7) is 0.349. The van der Waals surface area contributed by atoms with Crippen LogP contribution in [0.15, 0.2) is 59.0 Å². The minimum absolute atomic E-state index is 0.0770. The van der Waals surface area contributed by atoms with E-state index in [1.807, 2.05) is 42.5 Å². The van der Waals surface area contributed by atoms with Gasteiger partial charge in [0.2, 0.25) is 0 Å². The summed E-state index contributed by atoms with van der Waals surface area (Å²) in [5, 5.41) is 9.51. The molecule has 0 spiro atoms. The molecule has 0 saturated carbocycles. The molecule has 2 aromatic carbocycles. The first-order chi connectivity index (χ1) is 10.1. The van der Waals surface area contributed by atoms with Crippen LogP contribution in [0.5, 0.6) is 0 Å². The van der Waals surface area contributed by atoms with Gasteiger partial charge in [0.1, 0.15) is 5.75 Å². The lowest BCUT2D eigenvalue weighted by molar-refractivity contribution is 0.676. The average Bonchev–Trinajstić information content (AvgIpc) is 2.47. The third-order valence-electron chi connectivity index (χ3n) is 2.90. The molecule has 0 amide bonds. The van der Waals surface area contributed by atoms with Gasteiger partial charge in [-0.15, -0.1) is 0 Å². The summed E-state index contributed by atoms with van der Waals surface area (Å²) in [6, 6.07) is 18.7. The molecule has 0 aliphatic heterocycles. The quantitative estimate of drug-likeness (QED) is 0.835. The van der Waals surface area contributed by atoms with Crippen LogP contribution in [0.1, 0.15) is 11.1 Å². The van der Waals surface area contributed by atoms with Gasteiger partial charge in [-0.3, -0.25) is 0 Å². The van der Waals surface area contributed by atoms with Crippen molar-refractivity contribution in [2.24, 2.45) is 4.36 Å². The predicted octanol–water partition coefficient (Wildman–Crippen LogP) is 4.03. The van der Waals surface area contributed by atoms with Gasteiger partial charge in [0, 0.05) is 5.02 Å². The van der Waals surface area contributed by atoms with Crippen molar-refractivity contribution in [2.45, 2.75) is 12.3 Å². The van der Waals surface area contributed by atoms with Crippen LogP contribution in [0.25, 0.3) is 0 Å². The molecule has 0 saturated heterocycles. The minimum Gasteiger partial charge on any atom is -0.248 e. The van der Waals surface area contributed by atoms with Crippen molar-refractivity contribution in [1.29, 1.82) is 5.26 Å². The molecule has 0 radical (unpaired) electrons. The van der Waals surface area contributed by atoms with Gasteiger partial charge in [0.15, 0.2) is 0 Å². The summed E-state index contributed by atoms with van der Waals surface area (Å²) < 4.78 is 17.1. The Morgan fingerprint density at radius 1 is 1.10 bits per heavy atom. The van der Waals surface area contributed by atoms with E-state index < -0.39 is 9.73 Å². The molecule has 0 aliphatic rings.